The number of benzene rings is 2. The summed E-state index contributed by atoms with van der Waals surface area (Å²) in [6.07, 6.45) is 0. The Morgan fingerprint density at radius 2 is 1.62 bits per heavy atom. The zero-order valence-corrected chi connectivity index (χ0v) is 13.0. The SMILES string of the molecule is CC(C)[C@@H](NC(=S)Nc1ccc(F)cc1)c1ccccc1. The third-order valence-electron chi connectivity index (χ3n) is 3.21. The lowest BCUT2D eigenvalue weighted by molar-refractivity contribution is 0.473. The molecule has 0 aliphatic carbocycles. The smallest absolute Gasteiger partial charge is 0.171 e. The number of hydrogen-bond donors (Lipinski definition) is 2. The van der Waals surface area contributed by atoms with Gasteiger partial charge in [-0.25, -0.2) is 4.39 Å². The molecule has 0 amide bonds. The van der Waals surface area contributed by atoms with Crippen LogP contribution in [0.5, 0.6) is 0 Å². The Morgan fingerprint density at radius 3 is 2.19 bits per heavy atom. The maximum Gasteiger partial charge on any atom is 0.171 e. The molecule has 0 fully saturated rings. The highest BCUT2D eigenvalue weighted by atomic mass is 32.1. The number of halogens is 1. The van der Waals surface area contributed by atoms with Gasteiger partial charge in [-0.1, -0.05) is 44.2 Å². The summed E-state index contributed by atoms with van der Waals surface area (Å²) in [4.78, 5) is 0. The van der Waals surface area contributed by atoms with Crippen LogP contribution in [0.3, 0.4) is 0 Å². The minimum Gasteiger partial charge on any atom is -0.355 e. The van der Waals surface area contributed by atoms with Crippen molar-refractivity contribution in [1.82, 2.24) is 5.32 Å². The number of nitrogens with one attached hydrogen (secondary N) is 2. The summed E-state index contributed by atoms with van der Waals surface area (Å²) >= 11 is 5.35. The van der Waals surface area contributed by atoms with Gasteiger partial charge in [0.25, 0.3) is 0 Å². The van der Waals surface area contributed by atoms with Crippen LogP contribution in [0.15, 0.2) is 54.6 Å². The summed E-state index contributed by atoms with van der Waals surface area (Å²) in [5, 5.41) is 6.93. The van der Waals surface area contributed by atoms with Gasteiger partial charge in [-0.05, 0) is 48.0 Å². The van der Waals surface area contributed by atoms with Crippen LogP contribution in [0.1, 0.15) is 25.5 Å². The van der Waals surface area contributed by atoms with Crippen LogP contribution in [-0.4, -0.2) is 5.11 Å². The van der Waals surface area contributed by atoms with Crippen LogP contribution in [0.2, 0.25) is 0 Å². The minimum atomic E-state index is -0.260. The van der Waals surface area contributed by atoms with Gasteiger partial charge in [0.1, 0.15) is 5.82 Å². The Bertz CT molecular complexity index is 581. The Labute approximate surface area is 130 Å². The van der Waals surface area contributed by atoms with Crippen LogP contribution >= 0.6 is 12.2 Å². The summed E-state index contributed by atoms with van der Waals surface area (Å²) in [5.74, 6) is 0.129. The second-order valence-corrected chi connectivity index (χ2v) is 5.65. The molecular weight excluding hydrogens is 283 g/mol. The molecule has 21 heavy (non-hydrogen) atoms. The summed E-state index contributed by atoms with van der Waals surface area (Å²) in [6.45, 7) is 4.29. The average molecular weight is 302 g/mol. The van der Waals surface area contributed by atoms with E-state index in [1.54, 1.807) is 12.1 Å². The van der Waals surface area contributed by atoms with Crippen LogP contribution < -0.4 is 10.6 Å². The Hall–Kier alpha value is -1.94. The average Bonchev–Trinajstić information content (AvgIpc) is 2.48. The topological polar surface area (TPSA) is 24.1 Å². The van der Waals surface area contributed by atoms with E-state index in [1.165, 1.54) is 17.7 Å². The molecule has 0 saturated heterocycles. The van der Waals surface area contributed by atoms with Crippen molar-refractivity contribution in [3.05, 3.63) is 66.0 Å². The van der Waals surface area contributed by atoms with Gasteiger partial charge in [0, 0.05) is 5.69 Å². The lowest BCUT2D eigenvalue weighted by atomic mass is 9.96. The number of hydrogen-bond acceptors (Lipinski definition) is 1. The summed E-state index contributed by atoms with van der Waals surface area (Å²) < 4.78 is 12.9. The van der Waals surface area contributed by atoms with Crippen molar-refractivity contribution >= 4 is 23.0 Å². The van der Waals surface area contributed by atoms with Crippen LogP contribution in [0.25, 0.3) is 0 Å². The molecule has 2 N–H and O–H groups in total. The molecule has 0 spiro atoms. The van der Waals surface area contributed by atoms with Crippen molar-refractivity contribution < 1.29 is 4.39 Å². The van der Waals surface area contributed by atoms with Gasteiger partial charge in [0.05, 0.1) is 6.04 Å². The highest BCUT2D eigenvalue weighted by molar-refractivity contribution is 7.80. The molecule has 0 unspecified atom stereocenters. The van der Waals surface area contributed by atoms with E-state index in [4.69, 9.17) is 12.2 Å². The van der Waals surface area contributed by atoms with Crippen LogP contribution in [0, 0.1) is 11.7 Å². The fraction of sp³-hybridized carbons (Fsp3) is 0.235. The minimum absolute atomic E-state index is 0.131. The first-order valence-electron chi connectivity index (χ1n) is 6.94. The van der Waals surface area contributed by atoms with E-state index < -0.39 is 0 Å². The largest absolute Gasteiger partial charge is 0.355 e. The van der Waals surface area contributed by atoms with Gasteiger partial charge in [-0.2, -0.15) is 0 Å². The zero-order valence-electron chi connectivity index (χ0n) is 12.1. The van der Waals surface area contributed by atoms with Gasteiger partial charge in [0.2, 0.25) is 0 Å². The first kappa shape index (κ1) is 15.4. The standard InChI is InChI=1S/C17H19FN2S/c1-12(2)16(13-6-4-3-5-7-13)20-17(21)19-15-10-8-14(18)9-11-15/h3-12,16H,1-2H3,(H2,19,20,21)/t16-/m1/s1. The van der Waals surface area contributed by atoms with Gasteiger partial charge < -0.3 is 10.6 Å². The molecule has 0 aliphatic heterocycles. The van der Waals surface area contributed by atoms with E-state index in [9.17, 15) is 4.39 Å². The predicted octanol–water partition coefficient (Wildman–Crippen LogP) is 4.51. The summed E-state index contributed by atoms with van der Waals surface area (Å²) in [7, 11) is 0. The quantitative estimate of drug-likeness (QED) is 0.813. The lowest BCUT2D eigenvalue weighted by Crippen LogP contribution is -2.34. The van der Waals surface area contributed by atoms with Crippen LogP contribution in [-0.2, 0) is 0 Å². The Kier molecular flexibility index (Phi) is 5.28. The molecular formula is C17H19FN2S. The Morgan fingerprint density at radius 1 is 1.00 bits per heavy atom. The monoisotopic (exact) mass is 302 g/mol. The lowest BCUT2D eigenvalue weighted by Gasteiger charge is -2.24. The fourth-order valence-electron chi connectivity index (χ4n) is 2.14. The highest BCUT2D eigenvalue weighted by Gasteiger charge is 2.16. The van der Waals surface area contributed by atoms with Crippen molar-refractivity contribution in [3.8, 4) is 0 Å². The number of rotatable bonds is 4. The maximum absolute atomic E-state index is 12.9. The van der Waals surface area contributed by atoms with E-state index in [0.717, 1.165) is 5.69 Å². The second kappa shape index (κ2) is 7.18. The molecule has 0 bridgehead atoms. The second-order valence-electron chi connectivity index (χ2n) is 5.24. The molecule has 1 atom stereocenters. The first-order valence-corrected chi connectivity index (χ1v) is 7.35. The molecule has 0 aliphatic rings. The molecule has 0 heterocycles. The molecule has 0 radical (unpaired) electrons. The van der Waals surface area contributed by atoms with E-state index in [-0.39, 0.29) is 11.9 Å². The molecule has 0 aromatic heterocycles. The maximum atomic E-state index is 12.9. The predicted molar refractivity (Wildman–Crippen MR) is 89.8 cm³/mol. The molecule has 2 aromatic rings. The normalized spacial score (nSPS) is 12.0. The van der Waals surface area contributed by atoms with E-state index >= 15 is 0 Å². The fourth-order valence-corrected chi connectivity index (χ4v) is 2.38. The molecule has 2 nitrogen and oxygen atoms in total. The van der Waals surface area contributed by atoms with Crippen molar-refractivity contribution in [1.29, 1.82) is 0 Å². The van der Waals surface area contributed by atoms with Gasteiger partial charge in [-0.15, -0.1) is 0 Å². The van der Waals surface area contributed by atoms with Gasteiger partial charge in [-0.3, -0.25) is 0 Å². The number of thiocarbonyl (C=S) groups is 1. The van der Waals surface area contributed by atoms with Crippen molar-refractivity contribution in [2.75, 3.05) is 5.32 Å². The molecule has 110 valence electrons. The highest BCUT2D eigenvalue weighted by Crippen LogP contribution is 2.21. The third kappa shape index (κ3) is 4.53. The number of anilines is 1. The molecule has 0 saturated carbocycles. The van der Waals surface area contributed by atoms with Gasteiger partial charge in [0.15, 0.2) is 5.11 Å². The third-order valence-corrected chi connectivity index (χ3v) is 3.43. The van der Waals surface area contributed by atoms with Crippen LogP contribution in [0.4, 0.5) is 10.1 Å². The molecule has 2 rings (SSSR count). The zero-order chi connectivity index (χ0) is 15.2. The van der Waals surface area contributed by atoms with E-state index in [0.29, 0.717) is 11.0 Å². The summed E-state index contributed by atoms with van der Waals surface area (Å²) in [6, 6.07) is 16.5. The molecule has 4 heteroatoms. The Balaban J connectivity index is 2.03. The van der Waals surface area contributed by atoms with Gasteiger partial charge >= 0.3 is 0 Å². The van der Waals surface area contributed by atoms with E-state index in [1.807, 2.05) is 18.2 Å². The molecule has 2 aromatic carbocycles. The van der Waals surface area contributed by atoms with Crippen molar-refractivity contribution in [2.24, 2.45) is 5.92 Å². The van der Waals surface area contributed by atoms with Crippen molar-refractivity contribution in [3.63, 3.8) is 0 Å². The van der Waals surface area contributed by atoms with E-state index in [2.05, 4.69) is 36.6 Å². The van der Waals surface area contributed by atoms with Crippen molar-refractivity contribution in [2.45, 2.75) is 19.9 Å². The summed E-state index contributed by atoms with van der Waals surface area (Å²) in [5.41, 5.74) is 1.96. The first-order chi connectivity index (χ1) is 10.1.